The van der Waals surface area contributed by atoms with E-state index in [2.05, 4.69) is 79.4 Å². The average molecular weight is 246 g/mol. The third-order valence-electron chi connectivity index (χ3n) is 3.77. The van der Waals surface area contributed by atoms with Gasteiger partial charge in [0.15, 0.2) is 0 Å². The summed E-state index contributed by atoms with van der Waals surface area (Å²) in [5.41, 5.74) is 3.84. The first-order valence-corrected chi connectivity index (χ1v) is 6.82. The molecule has 2 aromatic carbocycles. The van der Waals surface area contributed by atoms with Crippen molar-refractivity contribution in [3.05, 3.63) is 84.4 Å². The lowest BCUT2D eigenvalue weighted by Gasteiger charge is -2.03. The number of benzene rings is 2. The Morgan fingerprint density at radius 2 is 1.58 bits per heavy atom. The lowest BCUT2D eigenvalue weighted by Crippen LogP contribution is -1.86. The molecule has 0 heteroatoms. The van der Waals surface area contributed by atoms with Gasteiger partial charge in [-0.2, -0.15) is 0 Å². The van der Waals surface area contributed by atoms with Crippen molar-refractivity contribution in [3.8, 4) is 0 Å². The van der Waals surface area contributed by atoms with Crippen LogP contribution >= 0.6 is 0 Å². The molecule has 0 nitrogen and oxygen atoms in total. The summed E-state index contributed by atoms with van der Waals surface area (Å²) in [4.78, 5) is 0. The fourth-order valence-corrected chi connectivity index (χ4v) is 2.49. The van der Waals surface area contributed by atoms with Gasteiger partial charge in [-0.15, -0.1) is 0 Å². The van der Waals surface area contributed by atoms with Crippen LogP contribution in [0.4, 0.5) is 0 Å². The standard InChI is InChI=1S/C19H18/c1-15(17-10-6-3-7-11-17)19-14-18(19)13-12-16-8-4-2-5-9-16/h2-13,18-19H,1,14H2/b13-12+. The van der Waals surface area contributed by atoms with Crippen LogP contribution in [-0.2, 0) is 0 Å². The van der Waals surface area contributed by atoms with E-state index in [1.54, 1.807) is 0 Å². The quantitative estimate of drug-likeness (QED) is 0.708. The first-order chi connectivity index (χ1) is 9.34. The lowest BCUT2D eigenvalue weighted by molar-refractivity contribution is 1.02. The Balaban J connectivity index is 1.63. The SMILES string of the molecule is C=C(c1ccccc1)C1CC1/C=C/c1ccccc1. The van der Waals surface area contributed by atoms with Crippen molar-refractivity contribution in [3.63, 3.8) is 0 Å². The Morgan fingerprint density at radius 3 is 2.26 bits per heavy atom. The van der Waals surface area contributed by atoms with Gasteiger partial charge in [-0.05, 0) is 35.0 Å². The van der Waals surface area contributed by atoms with Gasteiger partial charge in [0.25, 0.3) is 0 Å². The summed E-state index contributed by atoms with van der Waals surface area (Å²) in [5, 5.41) is 0. The Hall–Kier alpha value is -2.08. The highest BCUT2D eigenvalue weighted by Crippen LogP contribution is 2.48. The van der Waals surface area contributed by atoms with Crippen LogP contribution in [-0.4, -0.2) is 0 Å². The highest BCUT2D eigenvalue weighted by Gasteiger charge is 2.37. The Bertz CT molecular complexity index is 578. The molecule has 0 radical (unpaired) electrons. The van der Waals surface area contributed by atoms with E-state index in [1.807, 2.05) is 0 Å². The van der Waals surface area contributed by atoms with E-state index in [0.717, 1.165) is 0 Å². The molecule has 2 atom stereocenters. The molecule has 94 valence electrons. The number of hydrogen-bond acceptors (Lipinski definition) is 0. The van der Waals surface area contributed by atoms with E-state index in [1.165, 1.54) is 23.1 Å². The summed E-state index contributed by atoms with van der Waals surface area (Å²) >= 11 is 0. The molecule has 0 amide bonds. The van der Waals surface area contributed by atoms with Crippen LogP contribution in [0.15, 0.2) is 73.3 Å². The minimum Gasteiger partial charge on any atom is -0.0949 e. The second kappa shape index (κ2) is 5.27. The maximum atomic E-state index is 4.26. The fourth-order valence-electron chi connectivity index (χ4n) is 2.49. The predicted octanol–water partition coefficient (Wildman–Crippen LogP) is 5.05. The third-order valence-corrected chi connectivity index (χ3v) is 3.77. The van der Waals surface area contributed by atoms with Gasteiger partial charge in [-0.25, -0.2) is 0 Å². The van der Waals surface area contributed by atoms with Crippen molar-refractivity contribution >= 4 is 11.6 Å². The molecule has 0 spiro atoms. The molecule has 1 saturated carbocycles. The van der Waals surface area contributed by atoms with Gasteiger partial charge in [-0.3, -0.25) is 0 Å². The van der Waals surface area contributed by atoms with E-state index in [0.29, 0.717) is 11.8 Å². The molecular formula is C19H18. The largest absolute Gasteiger partial charge is 0.0949 e. The minimum absolute atomic E-state index is 0.627. The molecule has 0 N–H and O–H groups in total. The fraction of sp³-hybridized carbons (Fsp3) is 0.158. The summed E-state index contributed by atoms with van der Waals surface area (Å²) < 4.78 is 0. The molecule has 0 aromatic heterocycles. The summed E-state index contributed by atoms with van der Waals surface area (Å²) in [6.07, 6.45) is 5.79. The van der Waals surface area contributed by atoms with Crippen LogP contribution < -0.4 is 0 Å². The molecule has 0 bridgehead atoms. The Labute approximate surface area is 115 Å². The van der Waals surface area contributed by atoms with E-state index < -0.39 is 0 Å². The van der Waals surface area contributed by atoms with Crippen LogP contribution in [0.2, 0.25) is 0 Å². The van der Waals surface area contributed by atoms with E-state index in [9.17, 15) is 0 Å². The summed E-state index contributed by atoms with van der Waals surface area (Å²) in [6, 6.07) is 21.0. The summed E-state index contributed by atoms with van der Waals surface area (Å²) in [6.45, 7) is 4.26. The van der Waals surface area contributed by atoms with Gasteiger partial charge in [0.1, 0.15) is 0 Å². The number of hydrogen-bond donors (Lipinski definition) is 0. The van der Waals surface area contributed by atoms with Crippen LogP contribution in [0.1, 0.15) is 17.5 Å². The van der Waals surface area contributed by atoms with Crippen LogP contribution in [0, 0.1) is 11.8 Å². The zero-order valence-corrected chi connectivity index (χ0v) is 11.0. The van der Waals surface area contributed by atoms with Crippen LogP contribution in [0.25, 0.3) is 11.6 Å². The number of allylic oxidation sites excluding steroid dienone is 2. The molecule has 0 saturated heterocycles. The lowest BCUT2D eigenvalue weighted by atomic mass is 10.0. The Morgan fingerprint density at radius 1 is 0.947 bits per heavy atom. The second-order valence-electron chi connectivity index (χ2n) is 5.17. The van der Waals surface area contributed by atoms with E-state index in [-0.39, 0.29) is 0 Å². The van der Waals surface area contributed by atoms with Gasteiger partial charge in [-0.1, -0.05) is 79.4 Å². The molecule has 0 aliphatic heterocycles. The topological polar surface area (TPSA) is 0 Å². The van der Waals surface area contributed by atoms with Gasteiger partial charge < -0.3 is 0 Å². The maximum absolute atomic E-state index is 4.26. The zero-order valence-electron chi connectivity index (χ0n) is 11.0. The van der Waals surface area contributed by atoms with Crippen molar-refractivity contribution in [1.29, 1.82) is 0 Å². The molecular weight excluding hydrogens is 228 g/mol. The Kier molecular flexibility index (Phi) is 3.33. The van der Waals surface area contributed by atoms with Crippen molar-refractivity contribution in [2.75, 3.05) is 0 Å². The molecule has 3 rings (SSSR count). The highest BCUT2D eigenvalue weighted by molar-refractivity contribution is 5.68. The first kappa shape index (κ1) is 12.0. The average Bonchev–Trinajstić information content (AvgIpc) is 3.26. The first-order valence-electron chi connectivity index (χ1n) is 6.82. The smallest absolute Gasteiger partial charge is 0.00928 e. The summed E-state index contributed by atoms with van der Waals surface area (Å²) in [7, 11) is 0. The molecule has 19 heavy (non-hydrogen) atoms. The monoisotopic (exact) mass is 246 g/mol. The minimum atomic E-state index is 0.627. The van der Waals surface area contributed by atoms with Gasteiger partial charge in [0.05, 0.1) is 0 Å². The molecule has 0 heterocycles. The highest BCUT2D eigenvalue weighted by atomic mass is 14.4. The normalized spacial score (nSPS) is 21.5. The predicted molar refractivity (Wildman–Crippen MR) is 82.5 cm³/mol. The van der Waals surface area contributed by atoms with Crippen LogP contribution in [0.3, 0.4) is 0 Å². The van der Waals surface area contributed by atoms with Gasteiger partial charge in [0.2, 0.25) is 0 Å². The van der Waals surface area contributed by atoms with Crippen LogP contribution in [0.5, 0.6) is 0 Å². The van der Waals surface area contributed by atoms with E-state index >= 15 is 0 Å². The molecule has 1 fully saturated rings. The molecule has 2 aromatic rings. The number of rotatable bonds is 4. The van der Waals surface area contributed by atoms with Gasteiger partial charge in [0, 0.05) is 0 Å². The maximum Gasteiger partial charge on any atom is -0.00928 e. The summed E-state index contributed by atoms with van der Waals surface area (Å²) in [5.74, 6) is 1.29. The van der Waals surface area contributed by atoms with Crippen molar-refractivity contribution in [1.82, 2.24) is 0 Å². The van der Waals surface area contributed by atoms with Crippen molar-refractivity contribution in [2.24, 2.45) is 11.8 Å². The zero-order chi connectivity index (χ0) is 13.1. The third kappa shape index (κ3) is 2.85. The second-order valence-corrected chi connectivity index (χ2v) is 5.17. The van der Waals surface area contributed by atoms with Crippen molar-refractivity contribution < 1.29 is 0 Å². The molecule has 2 unspecified atom stereocenters. The molecule has 1 aliphatic rings. The van der Waals surface area contributed by atoms with Gasteiger partial charge >= 0.3 is 0 Å². The molecule has 1 aliphatic carbocycles. The van der Waals surface area contributed by atoms with Crippen molar-refractivity contribution in [2.45, 2.75) is 6.42 Å². The van der Waals surface area contributed by atoms with E-state index in [4.69, 9.17) is 0 Å².